The van der Waals surface area contributed by atoms with Crippen LogP contribution in [0.3, 0.4) is 0 Å². The van der Waals surface area contributed by atoms with Gasteiger partial charge in [-0.1, -0.05) is 27.9 Å². The maximum atomic E-state index is 11.9. The number of rotatable bonds is 7. The molecule has 2 aromatic carbocycles. The van der Waals surface area contributed by atoms with E-state index in [0.29, 0.717) is 16.8 Å². The number of carbonyl (C=O) groups excluding carboxylic acids is 3. The molecule has 0 aliphatic carbocycles. The highest BCUT2D eigenvalue weighted by Gasteiger charge is 2.08. The van der Waals surface area contributed by atoms with Gasteiger partial charge in [-0.15, -0.1) is 6.42 Å². The van der Waals surface area contributed by atoms with Gasteiger partial charge in [0.1, 0.15) is 0 Å². The summed E-state index contributed by atoms with van der Waals surface area (Å²) in [6.45, 7) is 0.00629. The predicted molar refractivity (Wildman–Crippen MR) is 107 cm³/mol. The highest BCUT2D eigenvalue weighted by Crippen LogP contribution is 2.10. The normalized spacial score (nSPS) is 9.78. The number of anilines is 1. The van der Waals surface area contributed by atoms with Crippen molar-refractivity contribution in [1.82, 2.24) is 10.6 Å². The van der Waals surface area contributed by atoms with Gasteiger partial charge in [-0.25, -0.2) is 0 Å². The van der Waals surface area contributed by atoms with Crippen molar-refractivity contribution in [2.75, 3.05) is 18.4 Å². The summed E-state index contributed by atoms with van der Waals surface area (Å²) in [6, 6.07) is 13.7. The van der Waals surface area contributed by atoms with Gasteiger partial charge in [0, 0.05) is 34.3 Å². The summed E-state index contributed by atoms with van der Waals surface area (Å²) in [7, 11) is 0. The second-order valence-electron chi connectivity index (χ2n) is 5.56. The Kier molecular flexibility index (Phi) is 7.59. The molecule has 0 fully saturated rings. The monoisotopic (exact) mass is 427 g/mol. The van der Waals surface area contributed by atoms with E-state index in [1.807, 2.05) is 0 Å². The van der Waals surface area contributed by atoms with Crippen LogP contribution in [0, 0.1) is 12.3 Å². The molecular formula is C20H18BrN3O3. The van der Waals surface area contributed by atoms with Crippen molar-refractivity contribution in [2.24, 2.45) is 0 Å². The Bertz CT molecular complexity index is 873. The van der Waals surface area contributed by atoms with Gasteiger partial charge in [0.05, 0.1) is 6.54 Å². The Morgan fingerprint density at radius 3 is 2.44 bits per heavy atom. The molecule has 0 spiro atoms. The van der Waals surface area contributed by atoms with E-state index in [4.69, 9.17) is 6.42 Å². The first kappa shape index (κ1) is 20.2. The van der Waals surface area contributed by atoms with Crippen molar-refractivity contribution in [2.45, 2.75) is 6.42 Å². The van der Waals surface area contributed by atoms with Crippen LogP contribution in [0.2, 0.25) is 0 Å². The van der Waals surface area contributed by atoms with E-state index >= 15 is 0 Å². The van der Waals surface area contributed by atoms with E-state index in [1.54, 1.807) is 48.5 Å². The molecule has 0 unspecified atom stereocenters. The van der Waals surface area contributed by atoms with Gasteiger partial charge in [0.2, 0.25) is 11.8 Å². The predicted octanol–water partition coefficient (Wildman–Crippen LogP) is 2.31. The maximum Gasteiger partial charge on any atom is 0.251 e. The summed E-state index contributed by atoms with van der Waals surface area (Å²) in [5, 5.41) is 7.81. The fourth-order valence-corrected chi connectivity index (χ4v) is 2.42. The molecule has 3 amide bonds. The first-order chi connectivity index (χ1) is 13.0. The number of amides is 3. The lowest BCUT2D eigenvalue weighted by molar-refractivity contribution is -0.124. The van der Waals surface area contributed by atoms with E-state index < -0.39 is 0 Å². The SMILES string of the molecule is C#Cc1cccc(NC(=O)CNC(=O)CCNC(=O)c2ccc(Br)cc2)c1. The number of hydrogen-bond acceptors (Lipinski definition) is 3. The number of hydrogen-bond donors (Lipinski definition) is 3. The zero-order chi connectivity index (χ0) is 19.6. The van der Waals surface area contributed by atoms with Gasteiger partial charge in [0.25, 0.3) is 5.91 Å². The average molecular weight is 428 g/mol. The van der Waals surface area contributed by atoms with E-state index in [9.17, 15) is 14.4 Å². The molecule has 0 saturated heterocycles. The number of halogens is 1. The molecule has 0 radical (unpaired) electrons. The van der Waals surface area contributed by atoms with E-state index in [1.165, 1.54) is 0 Å². The number of carbonyl (C=O) groups is 3. The quantitative estimate of drug-likeness (QED) is 0.592. The van der Waals surface area contributed by atoms with Gasteiger partial charge >= 0.3 is 0 Å². The highest BCUT2D eigenvalue weighted by molar-refractivity contribution is 9.10. The van der Waals surface area contributed by atoms with Gasteiger partial charge in [0.15, 0.2) is 0 Å². The molecule has 0 aromatic heterocycles. The topological polar surface area (TPSA) is 87.3 Å². The molecule has 2 aromatic rings. The first-order valence-electron chi connectivity index (χ1n) is 8.15. The molecule has 0 saturated carbocycles. The third kappa shape index (κ3) is 6.96. The molecule has 0 heterocycles. The van der Waals surface area contributed by atoms with Crippen molar-refractivity contribution >= 4 is 39.3 Å². The first-order valence-corrected chi connectivity index (χ1v) is 8.94. The average Bonchev–Trinajstić information content (AvgIpc) is 2.67. The molecule has 138 valence electrons. The van der Waals surface area contributed by atoms with Crippen LogP contribution in [0.4, 0.5) is 5.69 Å². The Labute approximate surface area is 165 Å². The largest absolute Gasteiger partial charge is 0.352 e. The molecule has 0 aliphatic heterocycles. The summed E-state index contributed by atoms with van der Waals surface area (Å²) in [4.78, 5) is 35.6. The van der Waals surface area contributed by atoms with Crippen LogP contribution in [-0.4, -0.2) is 30.8 Å². The van der Waals surface area contributed by atoms with Gasteiger partial charge in [-0.2, -0.15) is 0 Å². The van der Waals surface area contributed by atoms with Crippen molar-refractivity contribution in [1.29, 1.82) is 0 Å². The summed E-state index contributed by atoms with van der Waals surface area (Å²) in [5.41, 5.74) is 1.72. The second kappa shape index (κ2) is 10.1. The highest BCUT2D eigenvalue weighted by atomic mass is 79.9. The van der Waals surface area contributed by atoms with Crippen LogP contribution < -0.4 is 16.0 Å². The van der Waals surface area contributed by atoms with Gasteiger partial charge in [-0.05, 0) is 42.5 Å². The molecule has 3 N–H and O–H groups in total. The Morgan fingerprint density at radius 2 is 1.74 bits per heavy atom. The minimum atomic E-state index is -0.364. The number of terminal acetylenes is 1. The number of benzene rings is 2. The van der Waals surface area contributed by atoms with Gasteiger partial charge in [-0.3, -0.25) is 14.4 Å². The van der Waals surface area contributed by atoms with Crippen LogP contribution >= 0.6 is 15.9 Å². The Hall–Kier alpha value is -3.11. The molecule has 0 atom stereocenters. The van der Waals surface area contributed by atoms with Gasteiger partial charge < -0.3 is 16.0 Å². The summed E-state index contributed by atoms with van der Waals surface area (Å²) in [6.07, 6.45) is 5.38. The van der Waals surface area contributed by atoms with Crippen molar-refractivity contribution in [3.63, 3.8) is 0 Å². The standard InChI is InChI=1S/C20H18BrN3O3/c1-2-14-4-3-5-17(12-14)24-19(26)13-23-18(25)10-11-22-20(27)15-6-8-16(21)9-7-15/h1,3-9,12H,10-11,13H2,(H,22,27)(H,23,25)(H,24,26). The van der Waals surface area contributed by atoms with E-state index in [0.717, 1.165) is 4.47 Å². The minimum absolute atomic E-state index is 0.0716. The molecule has 0 bridgehead atoms. The lowest BCUT2D eigenvalue weighted by atomic mass is 10.2. The van der Waals surface area contributed by atoms with E-state index in [2.05, 4.69) is 37.8 Å². The molecular weight excluding hydrogens is 410 g/mol. The van der Waals surface area contributed by atoms with Crippen LogP contribution in [0.15, 0.2) is 53.0 Å². The van der Waals surface area contributed by atoms with E-state index in [-0.39, 0.29) is 37.2 Å². The van der Waals surface area contributed by atoms with Crippen molar-refractivity contribution in [3.8, 4) is 12.3 Å². The lowest BCUT2D eigenvalue weighted by Crippen LogP contribution is -2.35. The van der Waals surface area contributed by atoms with Crippen molar-refractivity contribution in [3.05, 3.63) is 64.1 Å². The third-order valence-electron chi connectivity index (χ3n) is 3.50. The summed E-state index contributed by atoms with van der Waals surface area (Å²) in [5.74, 6) is 1.52. The zero-order valence-electron chi connectivity index (χ0n) is 14.4. The molecule has 7 heteroatoms. The smallest absolute Gasteiger partial charge is 0.251 e. The third-order valence-corrected chi connectivity index (χ3v) is 4.03. The maximum absolute atomic E-state index is 11.9. The number of nitrogens with one attached hydrogen (secondary N) is 3. The molecule has 27 heavy (non-hydrogen) atoms. The van der Waals surface area contributed by atoms with Crippen molar-refractivity contribution < 1.29 is 14.4 Å². The minimum Gasteiger partial charge on any atom is -0.352 e. The fourth-order valence-electron chi connectivity index (χ4n) is 2.15. The molecule has 6 nitrogen and oxygen atoms in total. The Morgan fingerprint density at radius 1 is 1.00 bits per heavy atom. The van der Waals surface area contributed by atoms with Crippen LogP contribution in [0.5, 0.6) is 0 Å². The summed E-state index contributed by atoms with van der Waals surface area (Å²) >= 11 is 3.30. The fraction of sp³-hybridized carbons (Fsp3) is 0.150. The molecule has 0 aliphatic rings. The Balaban J connectivity index is 1.68. The van der Waals surface area contributed by atoms with Crippen LogP contribution in [0.25, 0.3) is 0 Å². The zero-order valence-corrected chi connectivity index (χ0v) is 16.0. The van der Waals surface area contributed by atoms with Crippen LogP contribution in [-0.2, 0) is 9.59 Å². The molecule has 2 rings (SSSR count). The lowest BCUT2D eigenvalue weighted by Gasteiger charge is -2.08. The second-order valence-corrected chi connectivity index (χ2v) is 6.48. The van der Waals surface area contributed by atoms with Crippen LogP contribution in [0.1, 0.15) is 22.3 Å². The summed E-state index contributed by atoms with van der Waals surface area (Å²) < 4.78 is 0.878.